The first-order valence-electron chi connectivity index (χ1n) is 49.8. The molecule has 13 N–H and O–H groups in total. The fourth-order valence-electron chi connectivity index (χ4n) is 19.2. The fourth-order valence-corrected chi connectivity index (χ4v) is 19.2. The number of hydrogen-bond acceptors (Lipinski definition) is 31. The zero-order valence-electron chi connectivity index (χ0n) is 83.2. The Kier molecular flexibility index (Phi) is 39.4. The van der Waals surface area contributed by atoms with Gasteiger partial charge in [0.15, 0.2) is 0 Å². The van der Waals surface area contributed by atoms with Crippen molar-refractivity contribution >= 4 is 111 Å². The number of nitrogens with zero attached hydrogens (tertiary/aromatic N) is 6. The monoisotopic (exact) mass is 2020 g/mol. The van der Waals surface area contributed by atoms with Crippen LogP contribution in [0.25, 0.3) is 44.6 Å². The van der Waals surface area contributed by atoms with Gasteiger partial charge in [-0.3, -0.25) is 62.3 Å². The van der Waals surface area contributed by atoms with Crippen LogP contribution in [0.5, 0.6) is 0 Å². The van der Waals surface area contributed by atoms with Gasteiger partial charge in [-0.1, -0.05) is 98.2 Å². The average Bonchev–Trinajstić information content (AvgIpc) is 1.60. The van der Waals surface area contributed by atoms with Gasteiger partial charge in [-0.05, 0) is 124 Å². The van der Waals surface area contributed by atoms with Crippen LogP contribution in [0.3, 0.4) is 0 Å². The standard InChI is InChI=1S/C101H133N15O29/c1-9-59-61-21-13-15-24-70(61)108-86-63(59)53-115-77(86)49-67-65(92(115)128)55-142-98(134)100(67,11-3)144-96(132)84(57(5)6)111-90(126)75-26-19-35-113(75)94(130)73(51-82(120)121)106-80(118)30-37-136-41-45-140-47-43-138-39-33-104-79(117)29-28-72(110-88(124)69(103)23-17-18-32-102)89(125)105-34-40-139-44-48-141-46-42-137-38-31-81(119)107-74(52-83(122)123)95(131)114-36-20-27-76(114)91(127)112-85(58(7)8)97(133)145-101(12-4)68-50-78-87-64(54-116(78)93(129)66(68)56-143-99(101)135)60(10-2)62-22-14-16-25-71(62)109-87/h13-16,21-22,24-25,49-50,57-58,69,72-76,84-85H,9-12,17-20,23,26-48,51-56,102-103H2,1-8H3,(H,104,117)(H,105,125)(H,106,118)(H,107,119)(H,110,124)(H,111,126)(H,112,127)(H,120,121)(H,122,123)/t69-,72-,73-,74-,75-,76-,84-,85-,100-,101-/m0/s1. The van der Waals surface area contributed by atoms with E-state index >= 15 is 0 Å². The molecule has 2 saturated heterocycles. The van der Waals surface area contributed by atoms with Gasteiger partial charge in [0.1, 0.15) is 55.5 Å². The lowest BCUT2D eigenvalue weighted by atomic mass is 9.85. The third kappa shape index (κ3) is 26.4. The molecule has 0 bridgehead atoms. The molecule has 145 heavy (non-hydrogen) atoms. The molecule has 10 atom stereocenters. The molecule has 0 radical (unpaired) electrons. The van der Waals surface area contributed by atoms with Gasteiger partial charge in [-0.25, -0.2) is 29.1 Å². The van der Waals surface area contributed by atoms with E-state index in [1.165, 1.54) is 0 Å². The SMILES string of the molecule is CCc1c2c(nc3ccccc13)-c1cc3c(c(=O)n1C2)COC(=O)[C@@]3(CC)OC(=O)[C@@H](NC(=O)[C@@H]1CCCN1C(=O)[C@H](CC(=O)O)NC(=O)CCOCCOCCOCCNC(=O)CC[C@H](NC(=O)[C@@H](N)CCCCN)C(=O)NCCOCCOCCOCCC(=O)N[C@@H](CC(=O)O)C(=O)N1CCC[C@H]1C(=O)N[C@H](C(=O)O[C@]1(CC)C(=O)OCc2c1cc1n(c2=O)Cc2c-1nc1ccccc1c2CC)C(C)C)C(C)C. The number of aliphatic carboxylic acids is 2. The second-order valence-corrected chi connectivity index (χ2v) is 37.1. The van der Waals surface area contributed by atoms with Gasteiger partial charge in [-0.2, -0.15) is 0 Å². The number of aromatic nitrogens is 4. The van der Waals surface area contributed by atoms with Crippen molar-refractivity contribution in [2.24, 2.45) is 23.3 Å². The van der Waals surface area contributed by atoms with E-state index in [9.17, 15) is 91.7 Å². The highest BCUT2D eigenvalue weighted by molar-refractivity contribution is 6.00. The van der Waals surface area contributed by atoms with Crippen molar-refractivity contribution in [1.29, 1.82) is 0 Å². The van der Waals surface area contributed by atoms with E-state index in [1.54, 1.807) is 62.8 Å². The van der Waals surface area contributed by atoms with E-state index in [-0.39, 0.29) is 205 Å². The van der Waals surface area contributed by atoms with E-state index in [0.29, 0.717) is 74.3 Å². The maximum atomic E-state index is 14.5. The number of hydrogen-bond donors (Lipinski definition) is 11. The molecule has 4 aromatic heterocycles. The maximum absolute atomic E-state index is 14.5. The number of ether oxygens (including phenoxy) is 10. The largest absolute Gasteiger partial charge is 0.481 e. The van der Waals surface area contributed by atoms with Crippen LogP contribution in [0, 0.1) is 11.8 Å². The van der Waals surface area contributed by atoms with Crippen LogP contribution >= 0.6 is 0 Å². The number of esters is 4. The minimum Gasteiger partial charge on any atom is -0.481 e. The quantitative estimate of drug-likeness (QED) is 0.0148. The molecule has 0 aliphatic carbocycles. The zero-order chi connectivity index (χ0) is 105. The van der Waals surface area contributed by atoms with Crippen molar-refractivity contribution in [2.45, 2.75) is 250 Å². The van der Waals surface area contributed by atoms with Crippen molar-refractivity contribution in [3.8, 4) is 22.8 Å². The molecule has 786 valence electrons. The number of carbonyl (C=O) groups excluding carboxylic acids is 13. The van der Waals surface area contributed by atoms with Crippen molar-refractivity contribution in [3.63, 3.8) is 0 Å². The molecule has 12 rings (SSSR count). The molecule has 6 aliphatic heterocycles. The number of fused-ring (bicyclic) bond motifs is 10. The number of nitrogens with one attached hydrogen (secondary N) is 7. The molecule has 6 aromatic rings. The van der Waals surface area contributed by atoms with Gasteiger partial charge in [-0.15, -0.1) is 0 Å². The number of unbranched alkanes of at least 4 members (excludes halogenated alkanes) is 1. The second-order valence-electron chi connectivity index (χ2n) is 37.1. The van der Waals surface area contributed by atoms with Gasteiger partial charge in [0.2, 0.25) is 64.4 Å². The van der Waals surface area contributed by atoms with Crippen LogP contribution in [0.2, 0.25) is 0 Å². The van der Waals surface area contributed by atoms with E-state index in [2.05, 4.69) is 37.2 Å². The number of carboxylic acid groups (broad SMARTS) is 2. The second kappa shape index (κ2) is 51.6. The van der Waals surface area contributed by atoms with Crippen LogP contribution in [0.1, 0.15) is 196 Å². The Morgan fingerprint density at radius 3 is 1.29 bits per heavy atom. The number of carbonyl (C=O) groups is 15. The highest BCUT2D eigenvalue weighted by Gasteiger charge is 2.55. The van der Waals surface area contributed by atoms with Gasteiger partial charge >= 0.3 is 35.8 Å². The Bertz CT molecular complexity index is 5920. The van der Waals surface area contributed by atoms with Gasteiger partial charge in [0.25, 0.3) is 11.1 Å². The third-order valence-corrected chi connectivity index (χ3v) is 26.9. The number of rotatable bonds is 56. The molecular formula is C101H133N15O29. The number of aryl methyl sites for hydroxylation is 2. The smallest absolute Gasteiger partial charge is 0.355 e. The summed E-state index contributed by atoms with van der Waals surface area (Å²) >= 11 is 0. The molecular weight excluding hydrogens is 1890 g/mol. The van der Waals surface area contributed by atoms with Gasteiger partial charge in [0.05, 0.1) is 156 Å². The highest BCUT2D eigenvalue weighted by atomic mass is 16.6. The molecule has 10 heterocycles. The third-order valence-electron chi connectivity index (χ3n) is 26.9. The van der Waals surface area contributed by atoms with Crippen LogP contribution in [0.15, 0.2) is 70.3 Å². The number of pyridine rings is 4. The first-order chi connectivity index (χ1) is 69.6. The summed E-state index contributed by atoms with van der Waals surface area (Å²) in [5.74, 6) is -14.3. The fraction of sp³-hybridized carbons (Fsp3) is 0.574. The Hall–Kier alpha value is -13.1. The summed E-state index contributed by atoms with van der Waals surface area (Å²) in [6.07, 6.45) is 0.896. The number of benzene rings is 2. The number of para-hydroxylation sites is 2. The Morgan fingerprint density at radius 2 is 0.890 bits per heavy atom. The lowest BCUT2D eigenvalue weighted by molar-refractivity contribution is -0.191. The summed E-state index contributed by atoms with van der Waals surface area (Å²) in [5, 5.41) is 40.1. The molecule has 9 amide bonds. The number of likely N-dealkylation sites (tertiary alicyclic amines) is 2. The molecule has 6 aliphatic rings. The molecule has 0 spiro atoms. The van der Waals surface area contributed by atoms with Crippen LogP contribution in [-0.4, -0.2) is 288 Å². The molecule has 0 unspecified atom stereocenters. The molecule has 2 fully saturated rings. The molecule has 44 nitrogen and oxygen atoms in total. The topological polar surface area (TPSA) is 601 Å². The Balaban J connectivity index is 0.504. The van der Waals surface area contributed by atoms with Crippen molar-refractivity contribution in [3.05, 3.63) is 126 Å². The average molecular weight is 2020 g/mol. The lowest BCUT2D eigenvalue weighted by Crippen LogP contribution is -2.57. The summed E-state index contributed by atoms with van der Waals surface area (Å²) in [6.45, 7) is 14.5. The molecule has 44 heteroatoms. The summed E-state index contributed by atoms with van der Waals surface area (Å²) in [7, 11) is 0. The summed E-state index contributed by atoms with van der Waals surface area (Å²) in [5.41, 5.74) is 14.5. The summed E-state index contributed by atoms with van der Waals surface area (Å²) in [4.78, 5) is 245. The number of carboxylic acids is 2. The van der Waals surface area contributed by atoms with E-state index in [0.717, 1.165) is 53.9 Å². The maximum Gasteiger partial charge on any atom is 0.355 e. The van der Waals surface area contributed by atoms with Crippen LogP contribution in [0.4, 0.5) is 0 Å². The first-order valence-corrected chi connectivity index (χ1v) is 49.8. The lowest BCUT2D eigenvalue weighted by Gasteiger charge is -2.37. The van der Waals surface area contributed by atoms with Crippen molar-refractivity contribution in [1.82, 2.24) is 66.1 Å². The predicted octanol–water partition coefficient (Wildman–Crippen LogP) is 2.42. The molecule has 2 aromatic carbocycles. The summed E-state index contributed by atoms with van der Waals surface area (Å²) < 4.78 is 60.2. The van der Waals surface area contributed by atoms with Crippen molar-refractivity contribution in [2.75, 3.05) is 112 Å². The Labute approximate surface area is 836 Å². The zero-order valence-corrected chi connectivity index (χ0v) is 83.2. The van der Waals surface area contributed by atoms with E-state index < -0.39 is 184 Å². The van der Waals surface area contributed by atoms with Crippen molar-refractivity contribution < 1.29 is 129 Å². The van der Waals surface area contributed by atoms with E-state index in [4.69, 9.17) is 68.8 Å². The predicted molar refractivity (Wildman–Crippen MR) is 519 cm³/mol. The summed E-state index contributed by atoms with van der Waals surface area (Å²) in [6, 6.07) is 8.13. The minimum atomic E-state index is -2.11. The van der Waals surface area contributed by atoms with Crippen LogP contribution in [-0.2, 0) is 170 Å². The minimum absolute atomic E-state index is 0.00904. The number of nitrogens with two attached hydrogens (primary N) is 2. The van der Waals surface area contributed by atoms with Crippen LogP contribution < -0.4 is 59.8 Å². The van der Waals surface area contributed by atoms with Gasteiger partial charge in [0, 0.05) is 78.5 Å². The number of cyclic esters (lactones) is 2. The first kappa shape index (κ1) is 111. The highest BCUT2D eigenvalue weighted by Crippen LogP contribution is 2.46. The normalized spacial score (nSPS) is 18.2. The van der Waals surface area contributed by atoms with E-state index in [1.807, 2.05) is 62.4 Å². The molecule has 0 saturated carbocycles. The van der Waals surface area contributed by atoms with Gasteiger partial charge < -0.3 is 125 Å². The number of amides is 9. The Morgan fingerprint density at radius 1 is 0.483 bits per heavy atom.